The third-order valence-electron chi connectivity index (χ3n) is 7.75. The van der Waals surface area contributed by atoms with Crippen LogP contribution in [0.15, 0.2) is 47.4 Å². The molecule has 4 rings (SSSR count). The largest absolute Gasteiger partial charge is 0.497 e. The summed E-state index contributed by atoms with van der Waals surface area (Å²) in [6.07, 6.45) is 0.501. The zero-order valence-electron chi connectivity index (χ0n) is 23.9. The number of benzene rings is 2. The molecule has 41 heavy (non-hydrogen) atoms. The van der Waals surface area contributed by atoms with Crippen molar-refractivity contribution in [3.8, 4) is 11.5 Å². The molecule has 2 aliphatic heterocycles. The van der Waals surface area contributed by atoms with Crippen molar-refractivity contribution in [2.45, 2.75) is 43.7 Å². The number of hydrogen-bond acceptors (Lipinski definition) is 8. The Morgan fingerprint density at radius 3 is 2.51 bits per heavy atom. The highest BCUT2D eigenvalue weighted by Gasteiger charge is 2.36. The third-order valence-corrected chi connectivity index (χ3v) is 9.58. The maximum atomic E-state index is 13.7. The first kappa shape index (κ1) is 30.8. The van der Waals surface area contributed by atoms with Crippen LogP contribution in [-0.2, 0) is 19.6 Å². The van der Waals surface area contributed by atoms with E-state index in [1.54, 1.807) is 42.2 Å². The number of sulfonamides is 1. The van der Waals surface area contributed by atoms with Crippen LogP contribution in [0.2, 0.25) is 0 Å². The van der Waals surface area contributed by atoms with E-state index in [2.05, 4.69) is 5.32 Å². The van der Waals surface area contributed by atoms with E-state index in [-0.39, 0.29) is 59.6 Å². The Labute approximate surface area is 241 Å². The second-order valence-corrected chi connectivity index (χ2v) is 12.7. The van der Waals surface area contributed by atoms with Crippen molar-refractivity contribution in [2.24, 2.45) is 11.8 Å². The summed E-state index contributed by atoms with van der Waals surface area (Å²) >= 11 is 0. The van der Waals surface area contributed by atoms with Gasteiger partial charge in [0.05, 0.1) is 42.4 Å². The van der Waals surface area contributed by atoms with E-state index >= 15 is 0 Å². The molecule has 2 heterocycles. The highest BCUT2D eigenvalue weighted by molar-refractivity contribution is 7.89. The van der Waals surface area contributed by atoms with E-state index < -0.39 is 22.2 Å². The Bertz CT molecular complexity index is 1330. The van der Waals surface area contributed by atoms with Gasteiger partial charge in [0, 0.05) is 38.6 Å². The number of carbonyl (C=O) groups excluding carboxylic acids is 2. The molecule has 0 aromatic heterocycles. The molecule has 224 valence electrons. The summed E-state index contributed by atoms with van der Waals surface area (Å²) in [5.74, 6) is -0.366. The number of nitrogens with one attached hydrogen (secondary N) is 1. The van der Waals surface area contributed by atoms with Gasteiger partial charge in [-0.3, -0.25) is 9.59 Å². The van der Waals surface area contributed by atoms with Crippen molar-refractivity contribution in [3.05, 3.63) is 48.0 Å². The average Bonchev–Trinajstić information content (AvgIpc) is 2.99. The molecule has 2 aromatic carbocycles. The van der Waals surface area contributed by atoms with Crippen molar-refractivity contribution in [3.63, 3.8) is 0 Å². The molecule has 2 N–H and O–H groups in total. The highest BCUT2D eigenvalue weighted by Crippen LogP contribution is 2.36. The lowest BCUT2D eigenvalue weighted by Gasteiger charge is -2.38. The summed E-state index contributed by atoms with van der Waals surface area (Å²) < 4.78 is 45.1. The Morgan fingerprint density at radius 1 is 1.20 bits per heavy atom. The summed E-state index contributed by atoms with van der Waals surface area (Å²) in [6.45, 7) is 4.60. The lowest BCUT2D eigenvalue weighted by atomic mass is 9.98. The number of nitrogens with zero attached hydrogens (tertiary/aromatic N) is 2. The lowest BCUT2D eigenvalue weighted by Crippen LogP contribution is -2.50. The Kier molecular flexibility index (Phi) is 9.90. The summed E-state index contributed by atoms with van der Waals surface area (Å²) in [5, 5.41) is 12.9. The lowest BCUT2D eigenvalue weighted by molar-refractivity contribution is -0.122. The number of carbonyl (C=O) groups is 2. The number of amides is 2. The summed E-state index contributed by atoms with van der Waals surface area (Å²) in [5.41, 5.74) is 0.566. The van der Waals surface area contributed by atoms with E-state index in [4.69, 9.17) is 14.2 Å². The second kappa shape index (κ2) is 13.2. The minimum atomic E-state index is -3.88. The van der Waals surface area contributed by atoms with Gasteiger partial charge in [-0.05, 0) is 56.2 Å². The smallest absolute Gasteiger partial charge is 0.258 e. The number of hydrogen-bond donors (Lipinski definition) is 2. The number of aliphatic hydroxyl groups is 1. The van der Waals surface area contributed by atoms with Crippen molar-refractivity contribution >= 4 is 27.5 Å². The topological polar surface area (TPSA) is 135 Å². The minimum absolute atomic E-state index is 0.0211. The first-order chi connectivity index (χ1) is 19.6. The molecular formula is C29H39N3O8S. The van der Waals surface area contributed by atoms with E-state index in [1.165, 1.54) is 30.6 Å². The standard InChI is InChI=1S/C29H39N3O8S/c1-19-16-32(20(2)18-33)29(35)24-6-5-7-25(30-28(34)21-12-14-39-15-13-21)27(24)40-26(19)17-31(3)41(36,37)23-10-8-22(38-4)9-11-23/h5-11,19-21,26,33H,12-18H2,1-4H3,(H,30,34)/t19-,20-,26+/m1/s1. The van der Waals surface area contributed by atoms with Crippen LogP contribution < -0.4 is 14.8 Å². The normalized spacial score (nSPS) is 20.9. The number of para-hydroxylation sites is 1. The van der Waals surface area contributed by atoms with Gasteiger partial charge in [0.25, 0.3) is 5.91 Å². The molecule has 0 saturated carbocycles. The van der Waals surface area contributed by atoms with Crippen LogP contribution in [0.5, 0.6) is 11.5 Å². The van der Waals surface area contributed by atoms with E-state index in [9.17, 15) is 23.1 Å². The number of aliphatic hydroxyl groups excluding tert-OH is 1. The number of rotatable bonds is 9. The van der Waals surface area contributed by atoms with Crippen LogP contribution in [0.4, 0.5) is 5.69 Å². The first-order valence-corrected chi connectivity index (χ1v) is 15.2. The van der Waals surface area contributed by atoms with Crippen LogP contribution in [0.3, 0.4) is 0 Å². The molecule has 0 spiro atoms. The van der Waals surface area contributed by atoms with E-state index in [0.29, 0.717) is 37.5 Å². The van der Waals surface area contributed by atoms with E-state index in [0.717, 1.165) is 0 Å². The fourth-order valence-corrected chi connectivity index (χ4v) is 6.22. The zero-order valence-corrected chi connectivity index (χ0v) is 24.7. The van der Waals surface area contributed by atoms with Gasteiger partial charge in [-0.15, -0.1) is 0 Å². The maximum absolute atomic E-state index is 13.7. The molecule has 2 aliphatic rings. The molecule has 3 atom stereocenters. The minimum Gasteiger partial charge on any atom is -0.497 e. The number of anilines is 1. The fourth-order valence-electron chi connectivity index (χ4n) is 5.03. The number of likely N-dealkylation sites (N-methyl/N-ethyl adjacent to an activating group) is 1. The Morgan fingerprint density at radius 2 is 1.88 bits per heavy atom. The number of fused-ring (bicyclic) bond motifs is 1. The predicted molar refractivity (Wildman–Crippen MR) is 153 cm³/mol. The molecule has 0 unspecified atom stereocenters. The molecular weight excluding hydrogens is 550 g/mol. The molecule has 1 fully saturated rings. The van der Waals surface area contributed by atoms with Gasteiger partial charge in [0.1, 0.15) is 11.9 Å². The molecule has 0 radical (unpaired) electrons. The zero-order chi connectivity index (χ0) is 29.7. The predicted octanol–water partition coefficient (Wildman–Crippen LogP) is 2.60. The van der Waals surface area contributed by atoms with Gasteiger partial charge >= 0.3 is 0 Å². The molecule has 2 amide bonds. The van der Waals surface area contributed by atoms with Crippen molar-refractivity contribution in [2.75, 3.05) is 52.4 Å². The van der Waals surface area contributed by atoms with Crippen molar-refractivity contribution in [1.29, 1.82) is 0 Å². The van der Waals surface area contributed by atoms with Gasteiger partial charge in [-0.2, -0.15) is 4.31 Å². The van der Waals surface area contributed by atoms with Crippen LogP contribution in [0.1, 0.15) is 37.0 Å². The Hall–Kier alpha value is -3.19. The van der Waals surface area contributed by atoms with Crippen LogP contribution in [0.25, 0.3) is 0 Å². The van der Waals surface area contributed by atoms with Crippen molar-refractivity contribution in [1.82, 2.24) is 9.21 Å². The molecule has 0 aliphatic carbocycles. The van der Waals surface area contributed by atoms with E-state index in [1.807, 2.05) is 6.92 Å². The molecule has 1 saturated heterocycles. The van der Waals surface area contributed by atoms with Gasteiger partial charge in [-0.25, -0.2) is 8.42 Å². The summed E-state index contributed by atoms with van der Waals surface area (Å²) in [6, 6.07) is 10.6. The average molecular weight is 590 g/mol. The number of methoxy groups -OCH3 is 1. The first-order valence-electron chi connectivity index (χ1n) is 13.8. The quantitative estimate of drug-likeness (QED) is 0.456. The third kappa shape index (κ3) is 6.83. The second-order valence-electron chi connectivity index (χ2n) is 10.6. The number of ether oxygens (including phenoxy) is 3. The summed E-state index contributed by atoms with van der Waals surface area (Å²) in [4.78, 5) is 28.5. The fraction of sp³-hybridized carbons (Fsp3) is 0.517. The molecule has 11 nitrogen and oxygen atoms in total. The molecule has 0 bridgehead atoms. The monoisotopic (exact) mass is 589 g/mol. The van der Waals surface area contributed by atoms with Crippen LogP contribution in [-0.4, -0.2) is 93.8 Å². The highest BCUT2D eigenvalue weighted by atomic mass is 32.2. The Balaban J connectivity index is 1.68. The molecule has 12 heteroatoms. The van der Waals surface area contributed by atoms with Crippen LogP contribution in [0, 0.1) is 11.8 Å². The SMILES string of the molecule is COc1ccc(S(=O)(=O)N(C)C[C@@H]2Oc3c(NC(=O)C4CCOCC4)cccc3C(=O)N([C@H](C)CO)C[C@H]2C)cc1. The maximum Gasteiger partial charge on any atom is 0.258 e. The van der Waals surface area contributed by atoms with Crippen LogP contribution >= 0.6 is 0 Å². The van der Waals surface area contributed by atoms with Gasteiger partial charge < -0.3 is 29.5 Å². The molecule has 2 aromatic rings. The van der Waals surface area contributed by atoms with Gasteiger partial charge in [0.2, 0.25) is 15.9 Å². The van der Waals surface area contributed by atoms with Gasteiger partial charge in [0.15, 0.2) is 5.75 Å². The van der Waals surface area contributed by atoms with Crippen molar-refractivity contribution < 1.29 is 37.3 Å². The van der Waals surface area contributed by atoms with Gasteiger partial charge in [-0.1, -0.05) is 13.0 Å². The summed E-state index contributed by atoms with van der Waals surface area (Å²) in [7, 11) is -0.892.